The normalized spacial score (nSPS) is 12.8. The molecular weight excluding hydrogens is 388 g/mol. The molecule has 0 unspecified atom stereocenters. The monoisotopic (exact) mass is 412 g/mol. The van der Waals surface area contributed by atoms with Gasteiger partial charge in [0.2, 0.25) is 0 Å². The number of aromatic nitrogens is 5. The van der Waals surface area contributed by atoms with Crippen LogP contribution in [0, 0.1) is 0 Å². The maximum Gasteiger partial charge on any atom is 0.251 e. The maximum atomic E-state index is 11.8. The molecule has 7 nitrogen and oxygen atoms in total. The number of hydrogen-bond acceptors (Lipinski definition) is 5. The van der Waals surface area contributed by atoms with Crippen molar-refractivity contribution in [1.29, 1.82) is 0 Å². The summed E-state index contributed by atoms with van der Waals surface area (Å²) in [7, 11) is 1.64. The van der Waals surface area contributed by atoms with E-state index in [2.05, 4.69) is 38.8 Å². The van der Waals surface area contributed by atoms with Crippen molar-refractivity contribution in [3.8, 4) is 5.69 Å². The van der Waals surface area contributed by atoms with Crippen LogP contribution >= 0.6 is 0 Å². The predicted octanol–water partition coefficient (Wildman–Crippen LogP) is 3.23. The number of nitrogens with one attached hydrogen (secondary N) is 1. The Morgan fingerprint density at radius 3 is 2.90 bits per heavy atom. The van der Waals surface area contributed by atoms with Gasteiger partial charge in [-0.3, -0.25) is 4.79 Å². The molecule has 0 saturated carbocycles. The van der Waals surface area contributed by atoms with Crippen molar-refractivity contribution in [3.05, 3.63) is 76.7 Å². The van der Waals surface area contributed by atoms with Crippen LogP contribution in [0.5, 0.6) is 0 Å². The van der Waals surface area contributed by atoms with Crippen LogP contribution in [0.2, 0.25) is 0 Å². The molecule has 156 valence electrons. The van der Waals surface area contributed by atoms with Gasteiger partial charge in [-0.1, -0.05) is 23.4 Å². The highest BCUT2D eigenvalue weighted by Crippen LogP contribution is 2.25. The third-order valence-corrected chi connectivity index (χ3v) is 5.85. The fraction of sp³-hybridized carbons (Fsp3) is 0.292. The zero-order chi connectivity index (χ0) is 21.2. The topological polar surface area (TPSA) is 85.6 Å². The summed E-state index contributed by atoms with van der Waals surface area (Å²) in [5, 5.41) is 11.2. The molecule has 0 fully saturated rings. The third kappa shape index (κ3) is 3.91. The molecule has 2 heterocycles. The van der Waals surface area contributed by atoms with Crippen molar-refractivity contribution in [3.63, 3.8) is 0 Å². The van der Waals surface area contributed by atoms with E-state index in [-0.39, 0.29) is 5.91 Å². The fourth-order valence-electron chi connectivity index (χ4n) is 4.21. The van der Waals surface area contributed by atoms with Gasteiger partial charge in [-0.25, -0.2) is 9.97 Å². The zero-order valence-electron chi connectivity index (χ0n) is 17.5. The summed E-state index contributed by atoms with van der Waals surface area (Å²) in [5.74, 6) is 0.711. The van der Waals surface area contributed by atoms with Gasteiger partial charge in [-0.2, -0.15) is 4.68 Å². The molecule has 2 aromatic carbocycles. The largest absolute Gasteiger partial charge is 0.355 e. The number of fused-ring (bicyclic) bond motifs is 2. The second-order valence-corrected chi connectivity index (χ2v) is 7.94. The highest BCUT2D eigenvalue weighted by molar-refractivity contribution is 5.94. The van der Waals surface area contributed by atoms with Gasteiger partial charge in [0, 0.05) is 19.0 Å². The van der Waals surface area contributed by atoms with Gasteiger partial charge in [-0.05, 0) is 73.1 Å². The zero-order valence-corrected chi connectivity index (χ0v) is 17.5. The van der Waals surface area contributed by atoms with Crippen LogP contribution in [-0.2, 0) is 25.7 Å². The van der Waals surface area contributed by atoms with E-state index in [0.29, 0.717) is 11.1 Å². The van der Waals surface area contributed by atoms with E-state index in [1.54, 1.807) is 13.2 Å². The lowest BCUT2D eigenvalue weighted by Gasteiger charge is -2.06. The quantitative estimate of drug-likeness (QED) is 0.525. The Morgan fingerprint density at radius 2 is 2.00 bits per heavy atom. The van der Waals surface area contributed by atoms with Gasteiger partial charge in [0.1, 0.15) is 5.82 Å². The Bertz CT molecular complexity index is 1260. The predicted molar refractivity (Wildman–Crippen MR) is 118 cm³/mol. The standard InChI is InChI=1S/C24H24N6O/c1-25-24(31)19-9-2-5-16(13-19)6-3-10-22-26-15-21-23(27-22)30(29-28-21)20-12-11-17-7-4-8-18(17)14-20/h2,5,9,11-15H,3-4,6-8,10H2,1H3,(H,25,31). The number of aryl methyl sites for hydroxylation is 4. The summed E-state index contributed by atoms with van der Waals surface area (Å²) in [6.07, 6.45) is 7.74. The van der Waals surface area contributed by atoms with Crippen LogP contribution in [0.1, 0.15) is 45.7 Å². The second-order valence-electron chi connectivity index (χ2n) is 7.94. The molecule has 2 aromatic heterocycles. The molecule has 0 atom stereocenters. The highest BCUT2D eigenvalue weighted by atomic mass is 16.1. The molecule has 31 heavy (non-hydrogen) atoms. The first-order valence-corrected chi connectivity index (χ1v) is 10.7. The lowest BCUT2D eigenvalue weighted by molar-refractivity contribution is 0.0963. The number of benzene rings is 2. The SMILES string of the molecule is CNC(=O)c1cccc(CCCc2ncc3nnn(-c4ccc5c(c4)CCC5)c3n2)c1. The van der Waals surface area contributed by atoms with Crippen LogP contribution < -0.4 is 5.32 Å². The number of rotatable bonds is 6. The first kappa shape index (κ1) is 19.4. The van der Waals surface area contributed by atoms with E-state index in [1.807, 2.05) is 28.9 Å². The van der Waals surface area contributed by atoms with Crippen LogP contribution in [-0.4, -0.2) is 37.9 Å². The van der Waals surface area contributed by atoms with Gasteiger partial charge < -0.3 is 5.32 Å². The highest BCUT2D eigenvalue weighted by Gasteiger charge is 2.15. The summed E-state index contributed by atoms with van der Waals surface area (Å²) >= 11 is 0. The summed E-state index contributed by atoms with van der Waals surface area (Å²) in [6.45, 7) is 0. The third-order valence-electron chi connectivity index (χ3n) is 5.85. The summed E-state index contributed by atoms with van der Waals surface area (Å²) in [4.78, 5) is 21.1. The molecule has 0 saturated heterocycles. The Morgan fingerprint density at radius 1 is 1.10 bits per heavy atom. The van der Waals surface area contributed by atoms with E-state index in [1.165, 1.54) is 17.5 Å². The molecule has 1 aliphatic rings. The molecule has 0 bridgehead atoms. The molecule has 7 heteroatoms. The molecule has 0 radical (unpaired) electrons. The van der Waals surface area contributed by atoms with Gasteiger partial charge in [0.15, 0.2) is 11.2 Å². The van der Waals surface area contributed by atoms with Gasteiger partial charge in [0.05, 0.1) is 11.9 Å². The average Bonchev–Trinajstić information content (AvgIpc) is 3.44. The minimum Gasteiger partial charge on any atom is -0.355 e. The summed E-state index contributed by atoms with van der Waals surface area (Å²) < 4.78 is 1.81. The van der Waals surface area contributed by atoms with E-state index in [0.717, 1.165) is 54.8 Å². The molecular formula is C24H24N6O. The van der Waals surface area contributed by atoms with Crippen molar-refractivity contribution in [1.82, 2.24) is 30.3 Å². The molecule has 1 N–H and O–H groups in total. The smallest absolute Gasteiger partial charge is 0.251 e. The summed E-state index contributed by atoms with van der Waals surface area (Å²) in [6, 6.07) is 14.2. The maximum absolute atomic E-state index is 11.8. The van der Waals surface area contributed by atoms with Gasteiger partial charge in [-0.15, -0.1) is 5.10 Å². The van der Waals surface area contributed by atoms with Crippen molar-refractivity contribution in [2.45, 2.75) is 38.5 Å². The molecule has 4 aromatic rings. The first-order chi connectivity index (χ1) is 15.2. The van der Waals surface area contributed by atoms with E-state index in [4.69, 9.17) is 4.98 Å². The fourth-order valence-corrected chi connectivity index (χ4v) is 4.21. The van der Waals surface area contributed by atoms with Crippen LogP contribution in [0.25, 0.3) is 16.9 Å². The molecule has 0 aliphatic heterocycles. The lowest BCUT2D eigenvalue weighted by atomic mass is 10.0. The molecule has 5 rings (SSSR count). The van der Waals surface area contributed by atoms with Crippen molar-refractivity contribution >= 4 is 17.1 Å². The minimum atomic E-state index is -0.0667. The number of carbonyl (C=O) groups excluding carboxylic acids is 1. The van der Waals surface area contributed by atoms with Crippen LogP contribution in [0.4, 0.5) is 0 Å². The molecule has 1 aliphatic carbocycles. The Labute approximate surface area is 180 Å². The summed E-state index contributed by atoms with van der Waals surface area (Å²) in [5.41, 5.74) is 7.08. The first-order valence-electron chi connectivity index (χ1n) is 10.7. The van der Waals surface area contributed by atoms with Gasteiger partial charge >= 0.3 is 0 Å². The lowest BCUT2D eigenvalue weighted by Crippen LogP contribution is -2.17. The number of amides is 1. The van der Waals surface area contributed by atoms with Crippen molar-refractivity contribution in [2.75, 3.05) is 7.05 Å². The van der Waals surface area contributed by atoms with Crippen molar-refractivity contribution < 1.29 is 4.79 Å². The number of carbonyl (C=O) groups is 1. The molecule has 0 spiro atoms. The Hall–Kier alpha value is -3.61. The Kier molecular flexibility index (Phi) is 5.16. The Balaban J connectivity index is 1.32. The second kappa shape index (κ2) is 8.26. The van der Waals surface area contributed by atoms with E-state index >= 15 is 0 Å². The molecule has 1 amide bonds. The number of nitrogens with zero attached hydrogens (tertiary/aromatic N) is 5. The van der Waals surface area contributed by atoms with Crippen molar-refractivity contribution in [2.24, 2.45) is 0 Å². The van der Waals surface area contributed by atoms with E-state index < -0.39 is 0 Å². The van der Waals surface area contributed by atoms with Crippen LogP contribution in [0.15, 0.2) is 48.7 Å². The van der Waals surface area contributed by atoms with E-state index in [9.17, 15) is 4.79 Å². The number of hydrogen-bond donors (Lipinski definition) is 1. The van der Waals surface area contributed by atoms with Crippen LogP contribution in [0.3, 0.4) is 0 Å². The average molecular weight is 412 g/mol. The minimum absolute atomic E-state index is 0.0667. The van der Waals surface area contributed by atoms with Gasteiger partial charge in [0.25, 0.3) is 5.91 Å².